The number of nitrogens with two attached hydrogens (primary N) is 1. The summed E-state index contributed by atoms with van der Waals surface area (Å²) in [5, 5.41) is 0. The highest BCUT2D eigenvalue weighted by atomic mass is 16.5. The van der Waals surface area contributed by atoms with Crippen molar-refractivity contribution in [3.8, 4) is 0 Å². The summed E-state index contributed by atoms with van der Waals surface area (Å²) in [5.74, 6) is 0.822. The molecule has 0 aromatic carbocycles. The minimum absolute atomic E-state index is 0.173. The molecule has 3 unspecified atom stereocenters. The number of rotatable bonds is 6. The van der Waals surface area contributed by atoms with Gasteiger partial charge in [0.2, 0.25) is 0 Å². The van der Waals surface area contributed by atoms with Crippen LogP contribution in [0.25, 0.3) is 0 Å². The largest absolute Gasteiger partial charge is 0.383 e. The average molecular weight is 299 g/mol. The molecule has 3 heteroatoms. The highest BCUT2D eigenvalue weighted by Gasteiger charge is 2.40. The zero-order valence-corrected chi connectivity index (χ0v) is 15.2. The Morgan fingerprint density at radius 2 is 1.95 bits per heavy atom. The summed E-state index contributed by atoms with van der Waals surface area (Å²) >= 11 is 0. The molecule has 2 N–H and O–H groups in total. The van der Waals surface area contributed by atoms with Crippen LogP contribution in [-0.4, -0.2) is 43.3 Å². The minimum Gasteiger partial charge on any atom is -0.383 e. The lowest BCUT2D eigenvalue weighted by molar-refractivity contribution is 0.00968. The van der Waals surface area contributed by atoms with E-state index in [4.69, 9.17) is 10.5 Å². The van der Waals surface area contributed by atoms with Crippen molar-refractivity contribution in [1.29, 1.82) is 0 Å². The van der Waals surface area contributed by atoms with Crippen LogP contribution in [0, 0.1) is 11.3 Å². The van der Waals surface area contributed by atoms with Crippen molar-refractivity contribution in [3.05, 3.63) is 0 Å². The number of hydrogen-bond donors (Lipinski definition) is 1. The lowest BCUT2D eigenvalue weighted by Gasteiger charge is -2.46. The first-order chi connectivity index (χ1) is 9.80. The van der Waals surface area contributed by atoms with E-state index in [0.29, 0.717) is 11.5 Å². The van der Waals surface area contributed by atoms with Crippen LogP contribution in [0.4, 0.5) is 0 Å². The molecule has 0 aromatic rings. The van der Waals surface area contributed by atoms with E-state index in [-0.39, 0.29) is 5.54 Å². The van der Waals surface area contributed by atoms with Gasteiger partial charge in [-0.3, -0.25) is 4.90 Å². The molecule has 0 saturated heterocycles. The molecule has 21 heavy (non-hydrogen) atoms. The Labute approximate surface area is 132 Å². The Hall–Kier alpha value is -0.120. The van der Waals surface area contributed by atoms with E-state index in [2.05, 4.69) is 39.5 Å². The van der Waals surface area contributed by atoms with E-state index in [9.17, 15) is 0 Å². The first-order valence-electron chi connectivity index (χ1n) is 8.76. The molecule has 1 fully saturated rings. The maximum atomic E-state index is 6.29. The van der Waals surface area contributed by atoms with Gasteiger partial charge in [-0.15, -0.1) is 0 Å². The lowest BCUT2D eigenvalue weighted by Crippen LogP contribution is -2.57. The molecule has 3 nitrogen and oxygen atoms in total. The maximum absolute atomic E-state index is 6.29. The van der Waals surface area contributed by atoms with E-state index in [1.165, 1.54) is 32.1 Å². The van der Waals surface area contributed by atoms with E-state index >= 15 is 0 Å². The first kappa shape index (κ1) is 18.9. The summed E-state index contributed by atoms with van der Waals surface area (Å²) in [6.07, 6.45) is 6.42. The second-order valence-corrected chi connectivity index (χ2v) is 8.01. The number of nitrogens with zero attached hydrogens (tertiary/aromatic N) is 1. The third kappa shape index (κ3) is 4.67. The first-order valence-corrected chi connectivity index (χ1v) is 8.76. The monoisotopic (exact) mass is 298 g/mol. The molecule has 0 aromatic heterocycles. The Kier molecular flexibility index (Phi) is 7.15. The van der Waals surface area contributed by atoms with Gasteiger partial charge in [0.1, 0.15) is 0 Å². The topological polar surface area (TPSA) is 38.5 Å². The minimum atomic E-state index is 0.173. The third-order valence-electron chi connectivity index (χ3n) is 5.65. The van der Waals surface area contributed by atoms with Crippen molar-refractivity contribution < 1.29 is 4.74 Å². The molecular formula is C18H38N2O. The number of ether oxygens (including phenoxy) is 1. The van der Waals surface area contributed by atoms with E-state index in [1.54, 1.807) is 7.11 Å². The summed E-state index contributed by atoms with van der Waals surface area (Å²) in [6, 6.07) is 0.440. The summed E-state index contributed by atoms with van der Waals surface area (Å²) in [6.45, 7) is 14.3. The van der Waals surface area contributed by atoms with Crippen LogP contribution in [0.5, 0.6) is 0 Å². The maximum Gasteiger partial charge on any atom is 0.0615 e. The van der Waals surface area contributed by atoms with Gasteiger partial charge in [0.05, 0.1) is 6.61 Å². The summed E-state index contributed by atoms with van der Waals surface area (Å²) in [5.41, 5.74) is 6.88. The van der Waals surface area contributed by atoms with Crippen LogP contribution in [-0.2, 0) is 4.74 Å². The zero-order valence-electron chi connectivity index (χ0n) is 15.2. The van der Waals surface area contributed by atoms with Gasteiger partial charge in [-0.1, -0.05) is 34.1 Å². The Bertz CT molecular complexity index is 300. The predicted octanol–water partition coefficient (Wildman–Crippen LogP) is 3.67. The van der Waals surface area contributed by atoms with Crippen molar-refractivity contribution in [3.63, 3.8) is 0 Å². The lowest BCUT2D eigenvalue weighted by atomic mass is 9.76. The molecule has 1 rings (SSSR count). The van der Waals surface area contributed by atoms with E-state index < -0.39 is 0 Å². The molecule has 0 amide bonds. The summed E-state index contributed by atoms with van der Waals surface area (Å²) in [7, 11) is 1.79. The van der Waals surface area contributed by atoms with Gasteiger partial charge >= 0.3 is 0 Å². The van der Waals surface area contributed by atoms with E-state index in [0.717, 1.165) is 25.6 Å². The fraction of sp³-hybridized carbons (Fsp3) is 1.00. The van der Waals surface area contributed by atoms with Gasteiger partial charge in [-0.25, -0.2) is 0 Å². The number of hydrogen-bond acceptors (Lipinski definition) is 3. The average Bonchev–Trinajstić information content (AvgIpc) is 2.63. The second-order valence-electron chi connectivity index (χ2n) is 8.01. The molecule has 0 radical (unpaired) electrons. The standard InChI is InChI=1S/C18H38N2O/c1-7-20(15(2)13-21-6)18(14-19)11-8-9-16(10-12-18)17(3,4)5/h15-16H,7-14,19H2,1-6H3. The number of likely N-dealkylation sites (N-methyl/N-ethyl adjacent to an activating group) is 1. The smallest absolute Gasteiger partial charge is 0.0615 e. The normalized spacial score (nSPS) is 29.4. The predicted molar refractivity (Wildman–Crippen MR) is 91.5 cm³/mol. The van der Waals surface area contributed by atoms with Crippen LogP contribution >= 0.6 is 0 Å². The molecule has 1 saturated carbocycles. The van der Waals surface area contributed by atoms with Crippen LogP contribution < -0.4 is 5.73 Å². The molecule has 0 spiro atoms. The Morgan fingerprint density at radius 1 is 1.29 bits per heavy atom. The molecule has 126 valence electrons. The highest BCUT2D eigenvalue weighted by Crippen LogP contribution is 2.41. The second kappa shape index (κ2) is 7.94. The van der Waals surface area contributed by atoms with Gasteiger partial charge in [0.25, 0.3) is 0 Å². The SMILES string of the molecule is CCN(C(C)COC)C1(CN)CCCC(C(C)(C)C)CC1. The highest BCUT2D eigenvalue weighted by molar-refractivity contribution is 4.97. The van der Waals surface area contributed by atoms with E-state index in [1.807, 2.05) is 0 Å². The third-order valence-corrected chi connectivity index (χ3v) is 5.65. The van der Waals surface area contributed by atoms with Crippen molar-refractivity contribution in [2.45, 2.75) is 78.3 Å². The number of methoxy groups -OCH3 is 1. The Morgan fingerprint density at radius 3 is 2.43 bits per heavy atom. The van der Waals surface area contributed by atoms with Crippen molar-refractivity contribution in [2.75, 3.05) is 26.8 Å². The fourth-order valence-electron chi connectivity index (χ4n) is 4.31. The van der Waals surface area contributed by atoms with Crippen molar-refractivity contribution in [2.24, 2.45) is 17.1 Å². The molecule has 0 heterocycles. The summed E-state index contributed by atoms with van der Waals surface area (Å²) in [4.78, 5) is 2.61. The molecule has 1 aliphatic carbocycles. The quantitative estimate of drug-likeness (QED) is 0.760. The van der Waals surface area contributed by atoms with Crippen molar-refractivity contribution >= 4 is 0 Å². The molecule has 3 atom stereocenters. The molecule has 0 bridgehead atoms. The van der Waals surface area contributed by atoms with Crippen molar-refractivity contribution in [1.82, 2.24) is 4.90 Å². The van der Waals surface area contributed by atoms with Gasteiger partial charge < -0.3 is 10.5 Å². The van der Waals surface area contributed by atoms with Gasteiger partial charge in [-0.2, -0.15) is 0 Å². The molecule has 0 aliphatic heterocycles. The van der Waals surface area contributed by atoms with Crippen LogP contribution in [0.1, 0.15) is 66.7 Å². The van der Waals surface area contributed by atoms with Crippen LogP contribution in [0.3, 0.4) is 0 Å². The van der Waals surface area contributed by atoms with Gasteiger partial charge in [0, 0.05) is 25.2 Å². The molecule has 1 aliphatic rings. The Balaban J connectivity index is 2.88. The van der Waals surface area contributed by atoms with Gasteiger partial charge in [0.15, 0.2) is 0 Å². The fourth-order valence-corrected chi connectivity index (χ4v) is 4.31. The van der Waals surface area contributed by atoms with Gasteiger partial charge in [-0.05, 0) is 50.5 Å². The summed E-state index contributed by atoms with van der Waals surface area (Å²) < 4.78 is 5.39. The zero-order chi connectivity index (χ0) is 16.1. The van der Waals surface area contributed by atoms with Crippen LogP contribution in [0.2, 0.25) is 0 Å². The van der Waals surface area contributed by atoms with Crippen LogP contribution in [0.15, 0.2) is 0 Å². The molecular weight excluding hydrogens is 260 g/mol.